The summed E-state index contributed by atoms with van der Waals surface area (Å²) in [5, 5.41) is 40.6. The van der Waals surface area contributed by atoms with E-state index >= 15 is 0 Å². The number of ether oxygens (including phenoxy) is 2. The zero-order chi connectivity index (χ0) is 46.5. The highest BCUT2D eigenvalue weighted by Crippen LogP contribution is 2.16. The molecule has 0 fully saturated rings. The van der Waals surface area contributed by atoms with E-state index in [1.54, 1.807) is 57.2 Å². The Morgan fingerprint density at radius 3 is 1.97 bits per heavy atom. The van der Waals surface area contributed by atoms with Gasteiger partial charge in [0, 0.05) is 25.3 Å². The maximum absolute atomic E-state index is 12.2. The number of rotatable bonds is 25. The van der Waals surface area contributed by atoms with Crippen molar-refractivity contribution in [3.63, 3.8) is 0 Å². The van der Waals surface area contributed by atoms with Crippen LogP contribution in [0.25, 0.3) is 11.0 Å². The second-order valence-electron chi connectivity index (χ2n) is 15.3. The number of alkyl carbamates (subject to hydrolysis) is 1. The van der Waals surface area contributed by atoms with Gasteiger partial charge >= 0.3 is 35.9 Å². The number of aromatic carboxylic acids is 1. The third-order valence-corrected chi connectivity index (χ3v) is 8.64. The highest BCUT2D eigenvalue weighted by atomic mass is 16.6. The van der Waals surface area contributed by atoms with Crippen LogP contribution < -0.4 is 16.1 Å². The molecule has 2 aromatic heterocycles. The first-order valence-corrected chi connectivity index (χ1v) is 20.7. The number of carboxylic acids is 4. The number of furan rings is 1. The number of nitrogens with one attached hydrogen (secondary N) is 2. The normalized spacial score (nSPS) is 11.7. The van der Waals surface area contributed by atoms with Crippen LogP contribution in [0.2, 0.25) is 0 Å². The van der Waals surface area contributed by atoms with Gasteiger partial charge in [-0.1, -0.05) is 70.4 Å². The van der Waals surface area contributed by atoms with Crippen molar-refractivity contribution in [1.82, 2.24) is 10.6 Å². The molecule has 0 aliphatic heterocycles. The fourth-order valence-electron chi connectivity index (χ4n) is 5.59. The summed E-state index contributed by atoms with van der Waals surface area (Å²) in [5.74, 6) is -4.98. The van der Waals surface area contributed by atoms with Gasteiger partial charge in [-0.2, -0.15) is 0 Å². The molecule has 0 aliphatic carbocycles. The van der Waals surface area contributed by atoms with Gasteiger partial charge in [-0.15, -0.1) is 0 Å². The number of benzene rings is 1. The van der Waals surface area contributed by atoms with Gasteiger partial charge in [0.15, 0.2) is 5.43 Å². The van der Waals surface area contributed by atoms with Crippen LogP contribution in [0.4, 0.5) is 4.79 Å². The lowest BCUT2D eigenvalue weighted by molar-refractivity contribution is -0.153. The molecule has 1 aromatic carbocycles. The monoisotopic (exact) mass is 874 g/mol. The minimum Gasteiger partial charge on any atom is -0.481 e. The minimum absolute atomic E-state index is 0.0220. The molecule has 2 heterocycles. The number of unbranched alkanes of at least 4 members (excludes halogenated alkanes) is 8. The highest BCUT2D eigenvalue weighted by Gasteiger charge is 2.26. The predicted molar refractivity (Wildman–Crippen MR) is 225 cm³/mol. The van der Waals surface area contributed by atoms with E-state index < -0.39 is 53.7 Å². The number of carboxylic acid groups (broad SMARTS) is 4. The van der Waals surface area contributed by atoms with Gasteiger partial charge in [-0.05, 0) is 70.7 Å². The Kier molecular flexibility index (Phi) is 26.0. The number of carbonyl (C=O) groups excluding carboxylic acids is 3. The summed E-state index contributed by atoms with van der Waals surface area (Å²) in [6.45, 7) is 7.48. The summed E-state index contributed by atoms with van der Waals surface area (Å²) in [4.78, 5) is 89.8. The van der Waals surface area contributed by atoms with E-state index in [4.69, 9.17) is 33.6 Å². The summed E-state index contributed by atoms with van der Waals surface area (Å²) in [6.07, 6.45) is 10.3. The molecule has 6 N–H and O–H groups in total. The molecule has 0 spiro atoms. The molecule has 3 rings (SSSR count). The Labute approximate surface area is 360 Å². The van der Waals surface area contributed by atoms with Gasteiger partial charge in [0.1, 0.15) is 29.1 Å². The lowest BCUT2D eigenvalue weighted by Crippen LogP contribution is -2.43. The molecule has 18 heteroatoms. The van der Waals surface area contributed by atoms with Crippen LogP contribution in [0.1, 0.15) is 147 Å². The van der Waals surface area contributed by atoms with Gasteiger partial charge in [-0.25, -0.2) is 14.4 Å². The summed E-state index contributed by atoms with van der Waals surface area (Å²) in [6, 6.07) is 9.68. The molecule has 0 saturated carbocycles. The number of hydrogen-bond donors (Lipinski definition) is 6. The van der Waals surface area contributed by atoms with Crippen LogP contribution in [0.3, 0.4) is 0 Å². The Bertz CT molecular complexity index is 1900. The van der Waals surface area contributed by atoms with Crippen molar-refractivity contribution in [1.29, 1.82) is 0 Å². The van der Waals surface area contributed by atoms with Crippen molar-refractivity contribution in [2.45, 2.75) is 155 Å². The Morgan fingerprint density at radius 1 is 0.758 bits per heavy atom. The molecule has 0 saturated heterocycles. The second kappa shape index (κ2) is 29.9. The van der Waals surface area contributed by atoms with Crippen LogP contribution in [0.5, 0.6) is 0 Å². The largest absolute Gasteiger partial charge is 0.481 e. The van der Waals surface area contributed by atoms with Gasteiger partial charge in [0.05, 0.1) is 24.6 Å². The Balaban J connectivity index is 0.000000538. The lowest BCUT2D eigenvalue weighted by atomic mass is 10.0. The molecule has 2 atom stereocenters. The second-order valence-corrected chi connectivity index (χ2v) is 15.3. The maximum atomic E-state index is 12.2. The van der Waals surface area contributed by atoms with Crippen molar-refractivity contribution in [2.75, 3.05) is 0 Å². The zero-order valence-electron chi connectivity index (χ0n) is 36.0. The van der Waals surface area contributed by atoms with Gasteiger partial charge in [0.2, 0.25) is 11.7 Å². The molecule has 18 nitrogen and oxygen atoms in total. The summed E-state index contributed by atoms with van der Waals surface area (Å²) in [7, 11) is 0. The molecule has 62 heavy (non-hydrogen) atoms. The van der Waals surface area contributed by atoms with E-state index in [0.29, 0.717) is 30.5 Å². The summed E-state index contributed by atoms with van der Waals surface area (Å²) < 4.78 is 20.3. The average Bonchev–Trinajstić information content (AvgIpc) is 3.71. The molecule has 0 bridgehead atoms. The number of esters is 1. The standard InChI is InChI=1S/C24H43NO8.C10H13NO4.C10H6O4/c1-5-6-7-8-9-10-11-12-13-14-18(17-20(26)27)32-21(28)16-15-19(22(29)30)25-23(31)33-24(2,3)4;12-9(4-1-5-10(13)14)11-7-8-3-2-6-15-8;11-7-5-9(10(12)13)14-8-4-2-1-3-6(7)8/h18-19H,5-17H2,1-4H3,(H,25,31)(H,26,27)(H,29,30);2-3,6H,1,4-5,7H2,(H,11,12)(H,13,14);1-5H,(H,12,13)/t18-,19?;;/m1../s1. The number of carbonyl (C=O) groups is 7. The molecule has 1 unspecified atom stereocenters. The van der Waals surface area contributed by atoms with Gasteiger partial charge in [-0.3, -0.25) is 24.0 Å². The number of amides is 2. The van der Waals surface area contributed by atoms with Crippen molar-refractivity contribution in [3.05, 3.63) is 70.5 Å². The number of hydrogen-bond acceptors (Lipinski definition) is 12. The number of para-hydroxylation sites is 1. The molecule has 0 radical (unpaired) electrons. The van der Waals surface area contributed by atoms with E-state index in [-0.39, 0.29) is 54.8 Å². The third-order valence-electron chi connectivity index (χ3n) is 8.64. The highest BCUT2D eigenvalue weighted by molar-refractivity contribution is 5.87. The molecule has 3 aromatic rings. The van der Waals surface area contributed by atoms with E-state index in [2.05, 4.69) is 17.6 Å². The molecular weight excluding hydrogens is 812 g/mol. The topological polar surface area (TPSA) is 286 Å². The predicted octanol–water partition coefficient (Wildman–Crippen LogP) is 7.69. The van der Waals surface area contributed by atoms with E-state index in [0.717, 1.165) is 31.7 Å². The Morgan fingerprint density at radius 2 is 1.40 bits per heavy atom. The molecule has 2 amide bonds. The van der Waals surface area contributed by atoms with E-state index in [1.807, 2.05) is 0 Å². The van der Waals surface area contributed by atoms with Gasteiger partial charge in [0.25, 0.3) is 0 Å². The summed E-state index contributed by atoms with van der Waals surface area (Å²) in [5.41, 5.74) is -0.841. The molecule has 344 valence electrons. The maximum Gasteiger partial charge on any atom is 0.408 e. The van der Waals surface area contributed by atoms with Crippen LogP contribution in [0, 0.1) is 0 Å². The average molecular weight is 875 g/mol. The first-order valence-electron chi connectivity index (χ1n) is 20.7. The third kappa shape index (κ3) is 26.1. The fraction of sp³-hybridized carbons (Fsp3) is 0.545. The van der Waals surface area contributed by atoms with Crippen LogP contribution >= 0.6 is 0 Å². The number of aliphatic carboxylic acids is 3. The summed E-state index contributed by atoms with van der Waals surface area (Å²) >= 11 is 0. The lowest BCUT2D eigenvalue weighted by Gasteiger charge is -2.22. The smallest absolute Gasteiger partial charge is 0.408 e. The van der Waals surface area contributed by atoms with Crippen molar-refractivity contribution < 1.29 is 72.3 Å². The van der Waals surface area contributed by atoms with Crippen LogP contribution in [-0.4, -0.2) is 80.0 Å². The number of fused-ring (bicyclic) bond motifs is 1. The fourth-order valence-corrected chi connectivity index (χ4v) is 5.59. The van der Waals surface area contributed by atoms with E-state index in [9.17, 15) is 43.5 Å². The van der Waals surface area contributed by atoms with Crippen molar-refractivity contribution in [3.8, 4) is 0 Å². The van der Waals surface area contributed by atoms with Crippen molar-refractivity contribution >= 4 is 52.8 Å². The molecule has 0 aliphatic rings. The van der Waals surface area contributed by atoms with Crippen LogP contribution in [-0.2, 0) is 40.0 Å². The van der Waals surface area contributed by atoms with Crippen molar-refractivity contribution in [2.24, 2.45) is 0 Å². The zero-order valence-corrected chi connectivity index (χ0v) is 36.0. The van der Waals surface area contributed by atoms with E-state index in [1.165, 1.54) is 38.4 Å². The van der Waals surface area contributed by atoms with Crippen LogP contribution in [0.15, 0.2) is 62.4 Å². The first kappa shape index (κ1) is 53.8. The first-order chi connectivity index (χ1) is 29.3. The Hall–Kier alpha value is -6.20. The molecular formula is C44H62N2O16. The quantitative estimate of drug-likeness (QED) is 0.0351. The minimum atomic E-state index is -1.32. The van der Waals surface area contributed by atoms with Gasteiger partial charge < -0.3 is 49.4 Å². The SMILES string of the molecule is CCCCCCCCCCC[C@H](CC(=O)O)OC(=O)CCC(NC(=O)OC(C)(C)C)C(=O)O.O=C(O)CCCC(=O)NCc1ccco1.O=C(O)c1cc(=O)c2ccccc2o1.